The number of carbonyl (C=O) groups excluding carboxylic acids is 2. The molecule has 2 heterocycles. The molecule has 2 bridgehead atoms. The molecule has 2 fully saturated rings. The maximum absolute atomic E-state index is 14.0. The van der Waals surface area contributed by atoms with Crippen LogP contribution in [0.3, 0.4) is 0 Å². The highest BCUT2D eigenvalue weighted by atomic mass is 19.4. The van der Waals surface area contributed by atoms with Crippen LogP contribution in [0.1, 0.15) is 51.9 Å². The summed E-state index contributed by atoms with van der Waals surface area (Å²) in [6, 6.07) is 6.50. The summed E-state index contributed by atoms with van der Waals surface area (Å²) in [6.45, 7) is 0. The number of hydrogen-bond acceptors (Lipinski definition) is 4. The molecule has 0 radical (unpaired) electrons. The Labute approximate surface area is 202 Å². The second kappa shape index (κ2) is 8.47. The summed E-state index contributed by atoms with van der Waals surface area (Å²) in [5, 5.41) is 10.1. The summed E-state index contributed by atoms with van der Waals surface area (Å²) in [4.78, 5) is 27.6. The van der Waals surface area contributed by atoms with E-state index >= 15 is 0 Å². The van der Waals surface area contributed by atoms with E-state index in [0.29, 0.717) is 18.5 Å². The van der Waals surface area contributed by atoms with Crippen LogP contribution in [0.5, 0.6) is 0 Å². The zero-order valence-corrected chi connectivity index (χ0v) is 18.8. The predicted octanol–water partition coefficient (Wildman–Crippen LogP) is 5.30. The zero-order chi connectivity index (χ0) is 26.0. The fraction of sp³-hybridized carbons (Fsp3) is 0.385. The van der Waals surface area contributed by atoms with Crippen molar-refractivity contribution in [2.24, 2.45) is 0 Å². The second-order valence-electron chi connectivity index (χ2n) is 9.44. The predicted molar refractivity (Wildman–Crippen MR) is 118 cm³/mol. The average Bonchev–Trinajstić information content (AvgIpc) is 3.34. The molecular weight excluding hydrogens is 488 g/mol. The molecule has 2 aromatic carbocycles. The van der Waals surface area contributed by atoms with Gasteiger partial charge < -0.3 is 10.0 Å². The lowest BCUT2D eigenvalue weighted by Gasteiger charge is -2.26. The van der Waals surface area contributed by atoms with E-state index in [1.807, 2.05) is 0 Å². The first-order valence-electron chi connectivity index (χ1n) is 11.5. The third kappa shape index (κ3) is 4.11. The largest absolute Gasteiger partial charge is 0.417 e. The Morgan fingerprint density at radius 1 is 1.00 bits per heavy atom. The Bertz CT molecular complexity index is 1280. The molecule has 2 aromatic rings. The number of aliphatic hydroxyl groups is 1. The van der Waals surface area contributed by atoms with E-state index in [1.165, 1.54) is 24.3 Å². The van der Waals surface area contributed by atoms with Gasteiger partial charge in [0, 0.05) is 23.7 Å². The Kier molecular flexibility index (Phi) is 5.77. The molecule has 1 aliphatic carbocycles. The Hall–Kier alpha value is -3.14. The number of benzene rings is 2. The molecule has 2 saturated heterocycles. The van der Waals surface area contributed by atoms with Gasteiger partial charge in [0.25, 0.3) is 0 Å². The number of allylic oxidation sites excluding steroid dienone is 2. The third-order valence-corrected chi connectivity index (χ3v) is 7.31. The third-order valence-electron chi connectivity index (χ3n) is 7.31. The van der Waals surface area contributed by atoms with Crippen molar-refractivity contribution in [1.29, 1.82) is 0 Å². The van der Waals surface area contributed by atoms with Crippen LogP contribution in [0.15, 0.2) is 48.0 Å². The molecule has 0 saturated carbocycles. The van der Waals surface area contributed by atoms with Gasteiger partial charge in [-0.15, -0.1) is 0 Å². The Morgan fingerprint density at radius 3 is 2.33 bits per heavy atom. The molecule has 0 aromatic heterocycles. The van der Waals surface area contributed by atoms with Gasteiger partial charge in [0.1, 0.15) is 0 Å². The SMILES string of the molecule is O=C(Cc1ccc(N2C3CCC2[C@@H](O)C3)cc1C(F)(F)F)C1=CCc2cccc(C(F)(F)F)c2C1=O. The van der Waals surface area contributed by atoms with Gasteiger partial charge in [-0.2, -0.15) is 26.3 Å². The van der Waals surface area contributed by atoms with E-state index in [-0.39, 0.29) is 29.6 Å². The normalized spacial score (nSPS) is 23.6. The summed E-state index contributed by atoms with van der Waals surface area (Å²) >= 11 is 0. The number of rotatable bonds is 4. The average molecular weight is 509 g/mol. The molecule has 0 amide bonds. The van der Waals surface area contributed by atoms with E-state index in [0.717, 1.165) is 24.6 Å². The van der Waals surface area contributed by atoms with Crippen molar-refractivity contribution in [3.63, 3.8) is 0 Å². The van der Waals surface area contributed by atoms with Gasteiger partial charge >= 0.3 is 12.4 Å². The summed E-state index contributed by atoms with van der Waals surface area (Å²) in [6.07, 6.45) is -8.05. The van der Waals surface area contributed by atoms with Crippen molar-refractivity contribution in [2.45, 2.75) is 62.6 Å². The lowest BCUT2D eigenvalue weighted by atomic mass is 9.84. The molecule has 3 aliphatic rings. The van der Waals surface area contributed by atoms with Crippen molar-refractivity contribution in [3.05, 3.63) is 75.9 Å². The van der Waals surface area contributed by atoms with Gasteiger partial charge in [0.2, 0.25) is 0 Å². The van der Waals surface area contributed by atoms with E-state index in [9.17, 15) is 41.0 Å². The molecule has 190 valence electrons. The fourth-order valence-corrected chi connectivity index (χ4v) is 5.73. The zero-order valence-electron chi connectivity index (χ0n) is 18.8. The Balaban J connectivity index is 1.45. The molecule has 0 spiro atoms. The van der Waals surface area contributed by atoms with Crippen molar-refractivity contribution in [1.82, 2.24) is 0 Å². The van der Waals surface area contributed by atoms with Crippen molar-refractivity contribution in [3.8, 4) is 0 Å². The van der Waals surface area contributed by atoms with Crippen molar-refractivity contribution >= 4 is 17.3 Å². The van der Waals surface area contributed by atoms with Crippen molar-refractivity contribution < 1.29 is 41.0 Å². The maximum atomic E-state index is 14.0. The van der Waals surface area contributed by atoms with Gasteiger partial charge in [-0.3, -0.25) is 9.59 Å². The molecule has 4 nitrogen and oxygen atoms in total. The van der Waals surface area contributed by atoms with Gasteiger partial charge in [0.05, 0.1) is 28.8 Å². The van der Waals surface area contributed by atoms with Gasteiger partial charge in [0.15, 0.2) is 11.6 Å². The van der Waals surface area contributed by atoms with Crippen LogP contribution < -0.4 is 4.90 Å². The number of ketones is 2. The summed E-state index contributed by atoms with van der Waals surface area (Å²) < 4.78 is 82.3. The van der Waals surface area contributed by atoms with E-state index in [2.05, 4.69) is 0 Å². The first-order chi connectivity index (χ1) is 16.9. The number of carbonyl (C=O) groups is 2. The number of alkyl halides is 6. The highest BCUT2D eigenvalue weighted by molar-refractivity contribution is 6.28. The number of Topliss-reactive ketones (excluding diaryl/α,β-unsaturated/α-hetero) is 2. The highest BCUT2D eigenvalue weighted by Gasteiger charge is 2.46. The topological polar surface area (TPSA) is 57.6 Å². The number of aliphatic hydroxyl groups excluding tert-OH is 1. The van der Waals surface area contributed by atoms with E-state index in [1.54, 1.807) is 4.90 Å². The van der Waals surface area contributed by atoms with Gasteiger partial charge in [-0.05, 0) is 55.0 Å². The molecule has 10 heteroatoms. The molecule has 2 unspecified atom stereocenters. The maximum Gasteiger partial charge on any atom is 0.417 e. The molecule has 1 N–H and O–H groups in total. The number of fused-ring (bicyclic) bond motifs is 3. The summed E-state index contributed by atoms with van der Waals surface area (Å²) in [7, 11) is 0. The van der Waals surface area contributed by atoms with Gasteiger partial charge in [-0.1, -0.05) is 24.3 Å². The Morgan fingerprint density at radius 2 is 1.72 bits per heavy atom. The number of anilines is 1. The second-order valence-corrected chi connectivity index (χ2v) is 9.44. The molecule has 5 rings (SSSR count). The van der Waals surface area contributed by atoms with E-state index in [4.69, 9.17) is 0 Å². The number of nitrogens with zero attached hydrogens (tertiary/aromatic N) is 1. The quantitative estimate of drug-likeness (QED) is 0.449. The van der Waals surface area contributed by atoms with Crippen molar-refractivity contribution in [2.75, 3.05) is 4.90 Å². The van der Waals surface area contributed by atoms with Gasteiger partial charge in [-0.25, -0.2) is 0 Å². The molecular formula is C26H21F6NO3. The monoisotopic (exact) mass is 509 g/mol. The molecule has 3 atom stereocenters. The minimum absolute atomic E-state index is 0.0634. The first-order valence-corrected chi connectivity index (χ1v) is 11.5. The smallest absolute Gasteiger partial charge is 0.391 e. The first kappa shape index (κ1) is 24.5. The van der Waals surface area contributed by atoms with Crippen LogP contribution in [0, 0.1) is 0 Å². The highest BCUT2D eigenvalue weighted by Crippen LogP contribution is 2.44. The fourth-order valence-electron chi connectivity index (χ4n) is 5.73. The molecule has 36 heavy (non-hydrogen) atoms. The van der Waals surface area contributed by atoms with Crippen LogP contribution in [-0.2, 0) is 30.0 Å². The van der Waals surface area contributed by atoms with Crippen LogP contribution >= 0.6 is 0 Å². The van der Waals surface area contributed by atoms with Crippen LogP contribution in [0.2, 0.25) is 0 Å². The van der Waals surface area contributed by atoms with Crippen LogP contribution in [0.25, 0.3) is 0 Å². The summed E-state index contributed by atoms with van der Waals surface area (Å²) in [5.74, 6) is -2.11. The standard InChI is InChI=1S/C26H21F6NO3/c27-25(28,29)18-3-1-2-13-5-8-17(24(36)23(13)18)21(34)10-14-4-6-15(11-19(14)26(30,31)32)33-16-7-9-20(33)22(35)12-16/h1-4,6,8,11,16,20,22,35H,5,7,9-10,12H2/t16?,20?,22-/m0/s1. The number of halogens is 6. The number of hydrogen-bond donors (Lipinski definition) is 1. The van der Waals surface area contributed by atoms with Crippen LogP contribution in [-0.4, -0.2) is 34.9 Å². The van der Waals surface area contributed by atoms with E-state index < -0.39 is 58.7 Å². The minimum Gasteiger partial charge on any atom is -0.391 e. The lowest BCUT2D eigenvalue weighted by Crippen LogP contribution is -2.32. The van der Waals surface area contributed by atoms with Crippen LogP contribution in [0.4, 0.5) is 32.0 Å². The summed E-state index contributed by atoms with van der Waals surface area (Å²) in [5.41, 5.74) is -3.37. The molecule has 2 aliphatic heterocycles. The lowest BCUT2D eigenvalue weighted by molar-refractivity contribution is -0.139. The minimum atomic E-state index is -4.83.